The van der Waals surface area contributed by atoms with Gasteiger partial charge in [0.05, 0.1) is 24.1 Å². The van der Waals surface area contributed by atoms with Gasteiger partial charge in [0.15, 0.2) is 0 Å². The van der Waals surface area contributed by atoms with Crippen LogP contribution in [-0.2, 0) is 11.3 Å². The van der Waals surface area contributed by atoms with Crippen LogP contribution < -0.4 is 5.43 Å². The molecule has 33 heavy (non-hydrogen) atoms. The van der Waals surface area contributed by atoms with E-state index < -0.39 is 0 Å². The summed E-state index contributed by atoms with van der Waals surface area (Å²) < 4.78 is 9.07. The van der Waals surface area contributed by atoms with E-state index in [0.29, 0.717) is 17.9 Å². The predicted octanol–water partition coefficient (Wildman–Crippen LogP) is 4.37. The molecule has 0 saturated carbocycles. The number of hydrogen-bond acceptors (Lipinski definition) is 4. The number of rotatable bonds is 8. The zero-order valence-corrected chi connectivity index (χ0v) is 19.0. The molecule has 2 aromatic heterocycles. The maximum absolute atomic E-state index is 13.1. The molecule has 1 N–H and O–H groups in total. The second-order valence-corrected chi connectivity index (χ2v) is 7.71. The number of aromatic nitrogens is 3. The van der Waals surface area contributed by atoms with Gasteiger partial charge in [-0.25, -0.2) is 10.1 Å². The summed E-state index contributed by atoms with van der Waals surface area (Å²) in [5, 5.41) is 8.91. The van der Waals surface area contributed by atoms with Gasteiger partial charge in [-0.2, -0.15) is 10.2 Å². The lowest BCUT2D eigenvalue weighted by atomic mass is 10.1. The second kappa shape index (κ2) is 10.1. The van der Waals surface area contributed by atoms with E-state index in [1.54, 1.807) is 24.2 Å². The summed E-state index contributed by atoms with van der Waals surface area (Å²) >= 11 is 0. The molecule has 0 atom stereocenters. The van der Waals surface area contributed by atoms with Crippen molar-refractivity contribution in [2.45, 2.75) is 20.4 Å². The summed E-state index contributed by atoms with van der Waals surface area (Å²) in [6.07, 6.45) is 3.41. The molecule has 0 unspecified atom stereocenters. The zero-order chi connectivity index (χ0) is 23.2. The number of ether oxygens (including phenoxy) is 1. The van der Waals surface area contributed by atoms with Crippen LogP contribution in [0.25, 0.3) is 16.9 Å². The molecule has 0 fully saturated rings. The van der Waals surface area contributed by atoms with Gasteiger partial charge in [-0.3, -0.25) is 4.79 Å². The number of methoxy groups -OCH3 is 1. The Balaban J connectivity index is 1.59. The number of nitrogens with zero attached hydrogens (tertiary/aromatic N) is 4. The standard InChI is InChI=1S/C26H27N5O2/c1-19-16-22(20(2)30(19)14-15-33-3)17-27-28-26(32)24-18-31(23-12-8-5-9-13-23)29-25(24)21-10-6-4-7-11-21/h4-13,16-18H,14-15H2,1-3H3,(H,28,32)/b27-17+. The Labute approximate surface area is 193 Å². The molecule has 4 aromatic rings. The summed E-state index contributed by atoms with van der Waals surface area (Å²) in [7, 11) is 1.69. The largest absolute Gasteiger partial charge is 0.383 e. The molecule has 0 aliphatic carbocycles. The van der Waals surface area contributed by atoms with E-state index in [2.05, 4.69) is 20.2 Å². The number of hydrazone groups is 1. The van der Waals surface area contributed by atoms with Gasteiger partial charge in [-0.1, -0.05) is 48.5 Å². The lowest BCUT2D eigenvalue weighted by molar-refractivity contribution is 0.0955. The Bertz CT molecular complexity index is 1260. The van der Waals surface area contributed by atoms with Crippen molar-refractivity contribution in [2.24, 2.45) is 5.10 Å². The Morgan fingerprint density at radius 2 is 1.79 bits per heavy atom. The predicted molar refractivity (Wildman–Crippen MR) is 130 cm³/mol. The van der Waals surface area contributed by atoms with Crippen LogP contribution in [0.15, 0.2) is 78.0 Å². The Hall–Kier alpha value is -3.97. The molecule has 7 heteroatoms. The molecule has 0 aliphatic heterocycles. The first-order valence-corrected chi connectivity index (χ1v) is 10.8. The first kappa shape index (κ1) is 22.2. The van der Waals surface area contributed by atoms with Gasteiger partial charge in [-0.15, -0.1) is 0 Å². The van der Waals surface area contributed by atoms with Crippen molar-refractivity contribution < 1.29 is 9.53 Å². The van der Waals surface area contributed by atoms with Crippen LogP contribution in [0.2, 0.25) is 0 Å². The first-order valence-electron chi connectivity index (χ1n) is 10.8. The van der Waals surface area contributed by atoms with Crippen LogP contribution in [-0.4, -0.2) is 40.2 Å². The summed E-state index contributed by atoms with van der Waals surface area (Å²) in [6.45, 7) is 5.48. The highest BCUT2D eigenvalue weighted by molar-refractivity contribution is 6.00. The van der Waals surface area contributed by atoms with Crippen molar-refractivity contribution in [3.8, 4) is 16.9 Å². The highest BCUT2D eigenvalue weighted by atomic mass is 16.5. The van der Waals surface area contributed by atoms with E-state index in [4.69, 9.17) is 4.74 Å². The average Bonchev–Trinajstić information content (AvgIpc) is 3.40. The first-order chi connectivity index (χ1) is 16.1. The Morgan fingerprint density at radius 3 is 2.48 bits per heavy atom. The van der Waals surface area contributed by atoms with Crippen molar-refractivity contribution in [1.82, 2.24) is 19.8 Å². The number of carbonyl (C=O) groups is 1. The van der Waals surface area contributed by atoms with E-state index in [-0.39, 0.29) is 5.91 Å². The Kier molecular flexibility index (Phi) is 6.80. The van der Waals surface area contributed by atoms with Crippen molar-refractivity contribution in [3.05, 3.63) is 95.4 Å². The van der Waals surface area contributed by atoms with E-state index in [1.165, 1.54) is 0 Å². The van der Waals surface area contributed by atoms with Crippen LogP contribution in [0.3, 0.4) is 0 Å². The molecule has 0 bridgehead atoms. The molecule has 2 heterocycles. The van der Waals surface area contributed by atoms with Gasteiger partial charge >= 0.3 is 0 Å². The summed E-state index contributed by atoms with van der Waals surface area (Å²) in [6, 6.07) is 21.4. The maximum atomic E-state index is 13.1. The molecule has 0 radical (unpaired) electrons. The second-order valence-electron chi connectivity index (χ2n) is 7.71. The van der Waals surface area contributed by atoms with Gasteiger partial charge in [0.25, 0.3) is 5.91 Å². The fourth-order valence-electron chi connectivity index (χ4n) is 3.77. The molecule has 1 amide bonds. The SMILES string of the molecule is COCCn1c(C)cc(/C=N/NC(=O)c2cn(-c3ccccc3)nc2-c2ccccc2)c1C. The topological polar surface area (TPSA) is 73.4 Å². The minimum Gasteiger partial charge on any atom is -0.383 e. The highest BCUT2D eigenvalue weighted by Crippen LogP contribution is 2.23. The molecule has 2 aromatic carbocycles. The van der Waals surface area contributed by atoms with Crippen molar-refractivity contribution in [2.75, 3.05) is 13.7 Å². The molecule has 0 saturated heterocycles. The van der Waals surface area contributed by atoms with Gasteiger partial charge in [0.1, 0.15) is 5.69 Å². The lowest BCUT2D eigenvalue weighted by Gasteiger charge is -2.08. The fraction of sp³-hybridized carbons (Fsp3) is 0.192. The normalized spacial score (nSPS) is 11.2. The average molecular weight is 442 g/mol. The molecule has 4 rings (SSSR count). The maximum Gasteiger partial charge on any atom is 0.275 e. The quantitative estimate of drug-likeness (QED) is 0.326. The fourth-order valence-corrected chi connectivity index (χ4v) is 3.77. The molecular formula is C26H27N5O2. The third kappa shape index (κ3) is 4.94. The van der Waals surface area contributed by atoms with Crippen molar-refractivity contribution in [3.63, 3.8) is 0 Å². The number of para-hydroxylation sites is 1. The Morgan fingerprint density at radius 1 is 1.09 bits per heavy atom. The number of benzene rings is 2. The van der Waals surface area contributed by atoms with Crippen molar-refractivity contribution >= 4 is 12.1 Å². The van der Waals surface area contributed by atoms with E-state index >= 15 is 0 Å². The number of hydrogen-bond donors (Lipinski definition) is 1. The minimum atomic E-state index is -0.319. The minimum absolute atomic E-state index is 0.319. The van der Waals surface area contributed by atoms with Gasteiger partial charge in [0, 0.05) is 42.4 Å². The van der Waals surface area contributed by atoms with Crippen LogP contribution in [0, 0.1) is 13.8 Å². The highest BCUT2D eigenvalue weighted by Gasteiger charge is 2.18. The lowest BCUT2D eigenvalue weighted by Crippen LogP contribution is -2.18. The molecule has 168 valence electrons. The van der Waals surface area contributed by atoms with Crippen LogP contribution >= 0.6 is 0 Å². The zero-order valence-electron chi connectivity index (χ0n) is 19.0. The monoisotopic (exact) mass is 441 g/mol. The number of nitrogens with one attached hydrogen (secondary N) is 1. The number of carbonyl (C=O) groups excluding carboxylic acids is 1. The molecule has 7 nitrogen and oxygen atoms in total. The molecule has 0 aliphatic rings. The summed E-state index contributed by atoms with van der Waals surface area (Å²) in [5.74, 6) is -0.319. The van der Waals surface area contributed by atoms with Crippen LogP contribution in [0.5, 0.6) is 0 Å². The van der Waals surface area contributed by atoms with Gasteiger partial charge in [0.2, 0.25) is 0 Å². The molecule has 0 spiro atoms. The number of amides is 1. The van der Waals surface area contributed by atoms with Gasteiger partial charge in [-0.05, 0) is 32.0 Å². The van der Waals surface area contributed by atoms with Crippen molar-refractivity contribution in [1.29, 1.82) is 0 Å². The van der Waals surface area contributed by atoms with E-state index in [0.717, 1.165) is 34.7 Å². The summed E-state index contributed by atoms with van der Waals surface area (Å²) in [5.41, 5.74) is 8.60. The summed E-state index contributed by atoms with van der Waals surface area (Å²) in [4.78, 5) is 13.1. The molecular weight excluding hydrogens is 414 g/mol. The van der Waals surface area contributed by atoms with Gasteiger partial charge < -0.3 is 9.30 Å². The third-order valence-electron chi connectivity index (χ3n) is 5.53. The van der Waals surface area contributed by atoms with Crippen LogP contribution in [0.1, 0.15) is 27.3 Å². The van der Waals surface area contributed by atoms with E-state index in [1.807, 2.05) is 80.6 Å². The smallest absolute Gasteiger partial charge is 0.275 e. The third-order valence-corrected chi connectivity index (χ3v) is 5.53. The van der Waals surface area contributed by atoms with E-state index in [9.17, 15) is 4.79 Å². The number of aryl methyl sites for hydroxylation is 1. The van der Waals surface area contributed by atoms with Crippen LogP contribution in [0.4, 0.5) is 0 Å².